The lowest BCUT2D eigenvalue weighted by molar-refractivity contribution is 0.242. The zero-order chi connectivity index (χ0) is 19.0. The molecule has 3 aromatic rings. The van der Waals surface area contributed by atoms with Crippen molar-refractivity contribution in [2.45, 2.75) is 45.6 Å². The number of nitrogens with zero attached hydrogens (tertiary/aromatic N) is 2. The molecule has 0 fully saturated rings. The molecule has 0 spiro atoms. The van der Waals surface area contributed by atoms with Crippen LogP contribution in [0.1, 0.15) is 49.8 Å². The van der Waals surface area contributed by atoms with Crippen molar-refractivity contribution in [1.82, 2.24) is 4.98 Å². The molecular formula is C23H22N2OS. The van der Waals surface area contributed by atoms with E-state index in [1.54, 1.807) is 11.3 Å². The molecule has 1 aromatic heterocycles. The van der Waals surface area contributed by atoms with Crippen molar-refractivity contribution in [3.05, 3.63) is 59.3 Å². The molecule has 136 valence electrons. The van der Waals surface area contributed by atoms with Crippen molar-refractivity contribution in [2.75, 3.05) is 0 Å². The van der Waals surface area contributed by atoms with Gasteiger partial charge in [0.15, 0.2) is 0 Å². The minimum atomic E-state index is 0.0389. The quantitative estimate of drug-likeness (QED) is 0.547. The summed E-state index contributed by atoms with van der Waals surface area (Å²) in [5.41, 5.74) is 5.76. The zero-order valence-electron chi connectivity index (χ0n) is 15.8. The van der Waals surface area contributed by atoms with Crippen molar-refractivity contribution in [1.29, 1.82) is 5.26 Å². The third-order valence-electron chi connectivity index (χ3n) is 5.05. The van der Waals surface area contributed by atoms with Crippen LogP contribution in [0.4, 0.5) is 0 Å². The Balaban J connectivity index is 1.69. The highest BCUT2D eigenvalue weighted by Gasteiger charge is 2.22. The second-order valence-corrected chi connectivity index (χ2v) is 8.36. The molecule has 0 amide bonds. The number of nitriles is 1. The molecule has 0 aliphatic heterocycles. The molecule has 0 saturated heterocycles. The van der Waals surface area contributed by atoms with Gasteiger partial charge in [-0.05, 0) is 67.5 Å². The van der Waals surface area contributed by atoms with Gasteiger partial charge in [-0.3, -0.25) is 0 Å². The van der Waals surface area contributed by atoms with Crippen molar-refractivity contribution >= 4 is 11.3 Å². The third-order valence-corrected chi connectivity index (χ3v) is 6.13. The van der Waals surface area contributed by atoms with E-state index in [-0.39, 0.29) is 6.10 Å². The van der Waals surface area contributed by atoms with E-state index in [2.05, 4.69) is 36.2 Å². The van der Waals surface area contributed by atoms with Gasteiger partial charge in [0.05, 0.1) is 16.5 Å². The molecule has 0 unspecified atom stereocenters. The van der Waals surface area contributed by atoms with Gasteiger partial charge in [0.25, 0.3) is 0 Å². The van der Waals surface area contributed by atoms with Gasteiger partial charge in [-0.15, -0.1) is 11.3 Å². The fourth-order valence-corrected chi connectivity index (χ4v) is 4.70. The number of thiazole rings is 1. The molecule has 1 heterocycles. The predicted octanol–water partition coefficient (Wildman–Crippen LogP) is 6.19. The van der Waals surface area contributed by atoms with E-state index in [1.165, 1.54) is 28.0 Å². The molecule has 1 aliphatic rings. The number of fused-ring (bicyclic) bond motifs is 1. The number of hydrogen-bond donors (Lipinski definition) is 0. The fourth-order valence-electron chi connectivity index (χ4n) is 3.73. The van der Waals surface area contributed by atoms with Gasteiger partial charge in [0.2, 0.25) is 0 Å². The molecule has 2 aromatic carbocycles. The summed E-state index contributed by atoms with van der Waals surface area (Å²) in [5, 5.41) is 10.4. The molecule has 4 rings (SSSR count). The highest BCUT2D eigenvalue weighted by molar-refractivity contribution is 7.18. The topological polar surface area (TPSA) is 45.9 Å². The van der Waals surface area contributed by atoms with Crippen LogP contribution in [-0.2, 0) is 6.42 Å². The van der Waals surface area contributed by atoms with E-state index < -0.39 is 0 Å². The van der Waals surface area contributed by atoms with E-state index in [4.69, 9.17) is 4.74 Å². The van der Waals surface area contributed by atoms with Crippen LogP contribution in [-0.4, -0.2) is 11.1 Å². The van der Waals surface area contributed by atoms with Crippen LogP contribution in [0.15, 0.2) is 42.6 Å². The van der Waals surface area contributed by atoms with Gasteiger partial charge in [-0.2, -0.15) is 5.26 Å². The van der Waals surface area contributed by atoms with E-state index >= 15 is 0 Å². The van der Waals surface area contributed by atoms with Crippen LogP contribution < -0.4 is 4.74 Å². The summed E-state index contributed by atoms with van der Waals surface area (Å²) in [6.07, 6.45) is 4.36. The van der Waals surface area contributed by atoms with Crippen LogP contribution in [0, 0.1) is 11.3 Å². The minimum absolute atomic E-state index is 0.0389. The number of hydrogen-bond acceptors (Lipinski definition) is 4. The standard InChI is InChI=1S/C23H22N2OS/c1-14(2)26-21-10-8-16(11-17(21)12-24)23-25-13-22(27-23)20-6-4-5-18-15(3)7-9-19(18)20/h4-6,8,10-11,13-15H,7,9H2,1-3H3/t15-/m0/s1. The molecule has 3 nitrogen and oxygen atoms in total. The number of aromatic nitrogens is 1. The number of benzene rings is 2. The Bertz CT molecular complexity index is 1030. The Kier molecular flexibility index (Phi) is 4.72. The summed E-state index contributed by atoms with van der Waals surface area (Å²) in [5.74, 6) is 1.27. The SMILES string of the molecule is CC(C)Oc1ccc(-c2ncc(-c3cccc4c3CC[C@@H]4C)s2)cc1C#N. The van der Waals surface area contributed by atoms with Crippen LogP contribution >= 0.6 is 11.3 Å². The molecule has 0 radical (unpaired) electrons. The maximum Gasteiger partial charge on any atom is 0.137 e. The molecule has 27 heavy (non-hydrogen) atoms. The highest BCUT2D eigenvalue weighted by atomic mass is 32.1. The smallest absolute Gasteiger partial charge is 0.137 e. The fraction of sp³-hybridized carbons (Fsp3) is 0.304. The van der Waals surface area contributed by atoms with Crippen LogP contribution in [0.3, 0.4) is 0 Å². The van der Waals surface area contributed by atoms with Gasteiger partial charge in [-0.25, -0.2) is 4.98 Å². The van der Waals surface area contributed by atoms with E-state index in [1.807, 2.05) is 38.2 Å². The first-order valence-corrected chi connectivity index (χ1v) is 10.2. The van der Waals surface area contributed by atoms with Gasteiger partial charge < -0.3 is 4.74 Å². The second kappa shape index (κ2) is 7.17. The Morgan fingerprint density at radius 3 is 2.89 bits per heavy atom. The second-order valence-electron chi connectivity index (χ2n) is 7.33. The molecule has 1 atom stereocenters. The number of ether oxygens (including phenoxy) is 1. The Hall–Kier alpha value is -2.64. The summed E-state index contributed by atoms with van der Waals surface area (Å²) in [7, 11) is 0. The first kappa shape index (κ1) is 17.8. The molecule has 0 bridgehead atoms. The van der Waals surface area contributed by atoms with E-state index in [0.29, 0.717) is 17.2 Å². The summed E-state index contributed by atoms with van der Waals surface area (Å²) in [6.45, 7) is 6.22. The van der Waals surface area contributed by atoms with Gasteiger partial charge in [0.1, 0.15) is 16.8 Å². The van der Waals surface area contributed by atoms with Gasteiger partial charge >= 0.3 is 0 Å². The Morgan fingerprint density at radius 1 is 1.26 bits per heavy atom. The Morgan fingerprint density at radius 2 is 2.11 bits per heavy atom. The predicted molar refractivity (Wildman–Crippen MR) is 110 cm³/mol. The van der Waals surface area contributed by atoms with Gasteiger partial charge in [0, 0.05) is 11.8 Å². The summed E-state index contributed by atoms with van der Waals surface area (Å²) in [6, 6.07) is 14.6. The van der Waals surface area contributed by atoms with Gasteiger partial charge in [-0.1, -0.05) is 25.1 Å². The normalized spacial score (nSPS) is 15.6. The van der Waals surface area contributed by atoms with Crippen molar-refractivity contribution in [2.24, 2.45) is 0 Å². The molecular weight excluding hydrogens is 352 g/mol. The van der Waals surface area contributed by atoms with Crippen molar-refractivity contribution in [3.8, 4) is 32.8 Å². The minimum Gasteiger partial charge on any atom is -0.490 e. The maximum atomic E-state index is 9.47. The third kappa shape index (κ3) is 3.36. The largest absolute Gasteiger partial charge is 0.490 e. The lowest BCUT2D eigenvalue weighted by Gasteiger charge is -2.11. The first-order valence-electron chi connectivity index (χ1n) is 9.36. The van der Waals surface area contributed by atoms with Crippen LogP contribution in [0.5, 0.6) is 5.75 Å². The average molecular weight is 375 g/mol. The molecule has 0 N–H and O–H groups in total. The summed E-state index contributed by atoms with van der Waals surface area (Å²) >= 11 is 1.68. The monoisotopic (exact) mass is 374 g/mol. The number of rotatable bonds is 4. The molecule has 1 aliphatic carbocycles. The Labute approximate surface area is 164 Å². The van der Waals surface area contributed by atoms with E-state index in [0.717, 1.165) is 17.0 Å². The van der Waals surface area contributed by atoms with Crippen LogP contribution in [0.2, 0.25) is 0 Å². The highest BCUT2D eigenvalue weighted by Crippen LogP contribution is 2.41. The average Bonchev–Trinajstić information content (AvgIpc) is 3.29. The zero-order valence-corrected chi connectivity index (χ0v) is 16.6. The lowest BCUT2D eigenvalue weighted by Crippen LogP contribution is -2.06. The van der Waals surface area contributed by atoms with Crippen molar-refractivity contribution < 1.29 is 4.74 Å². The van der Waals surface area contributed by atoms with E-state index in [9.17, 15) is 5.26 Å². The first-order chi connectivity index (χ1) is 13.1. The molecule has 4 heteroatoms. The summed E-state index contributed by atoms with van der Waals surface area (Å²) < 4.78 is 5.72. The lowest BCUT2D eigenvalue weighted by atomic mass is 9.99. The maximum absolute atomic E-state index is 9.47. The van der Waals surface area contributed by atoms with Crippen LogP contribution in [0.25, 0.3) is 21.0 Å². The van der Waals surface area contributed by atoms with Crippen molar-refractivity contribution in [3.63, 3.8) is 0 Å². The summed E-state index contributed by atoms with van der Waals surface area (Å²) in [4.78, 5) is 5.83. The molecule has 0 saturated carbocycles.